The second-order valence-electron chi connectivity index (χ2n) is 3.96. The average molecular weight is 409 g/mol. The normalized spacial score (nSPS) is 12.4. The minimum atomic E-state index is -0.0712. The molecule has 0 aromatic heterocycles. The standard InChI is InChI=1S/C14H10Br2Cl2/c15-10-3-6-13(16)12(8-10)14(18)7-9-1-4-11(17)5-2-9/h1-6,8,14H,7H2. The summed E-state index contributed by atoms with van der Waals surface area (Å²) in [6.07, 6.45) is 0.772. The Morgan fingerprint density at radius 1 is 1.00 bits per heavy atom. The molecule has 0 radical (unpaired) electrons. The molecule has 0 amide bonds. The van der Waals surface area contributed by atoms with Gasteiger partial charge in [-0.2, -0.15) is 0 Å². The van der Waals surface area contributed by atoms with Gasteiger partial charge in [-0.3, -0.25) is 0 Å². The second kappa shape index (κ2) is 6.42. The third-order valence-electron chi connectivity index (χ3n) is 2.62. The van der Waals surface area contributed by atoms with E-state index in [1.165, 1.54) is 5.56 Å². The summed E-state index contributed by atoms with van der Waals surface area (Å²) in [5.41, 5.74) is 2.26. The highest BCUT2D eigenvalue weighted by atomic mass is 79.9. The Kier molecular flexibility index (Phi) is 5.14. The highest BCUT2D eigenvalue weighted by molar-refractivity contribution is 9.11. The molecule has 0 bridgehead atoms. The lowest BCUT2D eigenvalue weighted by Crippen LogP contribution is -1.97. The number of halogens is 4. The molecule has 4 heteroatoms. The van der Waals surface area contributed by atoms with E-state index in [4.69, 9.17) is 23.2 Å². The van der Waals surface area contributed by atoms with E-state index in [9.17, 15) is 0 Å². The highest BCUT2D eigenvalue weighted by Crippen LogP contribution is 2.33. The van der Waals surface area contributed by atoms with Crippen molar-refractivity contribution in [3.63, 3.8) is 0 Å². The lowest BCUT2D eigenvalue weighted by Gasteiger charge is -2.12. The van der Waals surface area contributed by atoms with Crippen molar-refractivity contribution in [1.82, 2.24) is 0 Å². The highest BCUT2D eigenvalue weighted by Gasteiger charge is 2.12. The minimum Gasteiger partial charge on any atom is -0.117 e. The first-order chi connectivity index (χ1) is 8.56. The van der Waals surface area contributed by atoms with E-state index in [0.29, 0.717) is 0 Å². The lowest BCUT2D eigenvalue weighted by atomic mass is 10.0. The Balaban J connectivity index is 2.18. The maximum absolute atomic E-state index is 6.47. The van der Waals surface area contributed by atoms with E-state index < -0.39 is 0 Å². The first-order valence-corrected chi connectivity index (χ1v) is 7.80. The molecule has 2 aromatic rings. The van der Waals surface area contributed by atoms with Gasteiger partial charge < -0.3 is 0 Å². The Morgan fingerprint density at radius 2 is 1.67 bits per heavy atom. The fourth-order valence-corrected chi connectivity index (χ4v) is 3.21. The maximum atomic E-state index is 6.47. The van der Waals surface area contributed by atoms with Crippen molar-refractivity contribution in [1.29, 1.82) is 0 Å². The largest absolute Gasteiger partial charge is 0.117 e. The van der Waals surface area contributed by atoms with Crippen molar-refractivity contribution in [2.75, 3.05) is 0 Å². The third-order valence-corrected chi connectivity index (χ3v) is 4.48. The molecule has 0 fully saturated rings. The summed E-state index contributed by atoms with van der Waals surface area (Å²) in [7, 11) is 0. The van der Waals surface area contributed by atoms with Crippen LogP contribution in [0.1, 0.15) is 16.5 Å². The molecule has 0 spiro atoms. The van der Waals surface area contributed by atoms with Gasteiger partial charge in [0.15, 0.2) is 0 Å². The summed E-state index contributed by atoms with van der Waals surface area (Å²) >= 11 is 19.3. The molecule has 2 rings (SSSR count). The quantitative estimate of drug-likeness (QED) is 0.516. The van der Waals surface area contributed by atoms with Crippen LogP contribution in [0.4, 0.5) is 0 Å². The van der Waals surface area contributed by atoms with Crippen LogP contribution in [0.15, 0.2) is 51.4 Å². The monoisotopic (exact) mass is 406 g/mol. The van der Waals surface area contributed by atoms with Gasteiger partial charge in [0, 0.05) is 14.0 Å². The fraction of sp³-hybridized carbons (Fsp3) is 0.143. The van der Waals surface area contributed by atoms with Gasteiger partial charge in [0.2, 0.25) is 0 Å². The van der Waals surface area contributed by atoms with Crippen molar-refractivity contribution in [3.8, 4) is 0 Å². The smallest absolute Gasteiger partial charge is 0.0636 e. The molecular weight excluding hydrogens is 399 g/mol. The van der Waals surface area contributed by atoms with Gasteiger partial charge in [-0.25, -0.2) is 0 Å². The fourth-order valence-electron chi connectivity index (χ4n) is 1.69. The molecule has 1 atom stereocenters. The molecule has 94 valence electrons. The molecule has 0 aliphatic rings. The summed E-state index contributed by atoms with van der Waals surface area (Å²) in [5.74, 6) is 0. The van der Waals surface area contributed by atoms with Crippen LogP contribution >= 0.6 is 55.1 Å². The van der Waals surface area contributed by atoms with Crippen molar-refractivity contribution in [2.24, 2.45) is 0 Å². The van der Waals surface area contributed by atoms with Gasteiger partial charge in [0.05, 0.1) is 5.38 Å². The Labute approximate surface area is 134 Å². The minimum absolute atomic E-state index is 0.0712. The predicted molar refractivity (Wildman–Crippen MR) is 85.6 cm³/mol. The average Bonchev–Trinajstić information content (AvgIpc) is 2.35. The molecule has 0 nitrogen and oxygen atoms in total. The first kappa shape index (κ1) is 14.4. The lowest BCUT2D eigenvalue weighted by molar-refractivity contribution is 0.913. The van der Waals surface area contributed by atoms with Gasteiger partial charge in [-0.1, -0.05) is 55.6 Å². The zero-order valence-corrected chi connectivity index (χ0v) is 14.0. The van der Waals surface area contributed by atoms with Crippen molar-refractivity contribution in [2.45, 2.75) is 11.8 Å². The Hall–Kier alpha value is -0.0200. The van der Waals surface area contributed by atoms with E-state index in [-0.39, 0.29) is 5.38 Å². The molecule has 2 aromatic carbocycles. The van der Waals surface area contributed by atoms with Crippen LogP contribution in [0.25, 0.3) is 0 Å². The van der Waals surface area contributed by atoms with E-state index in [0.717, 1.165) is 26.0 Å². The van der Waals surface area contributed by atoms with Gasteiger partial charge >= 0.3 is 0 Å². The van der Waals surface area contributed by atoms with E-state index in [1.54, 1.807) is 0 Å². The Bertz CT molecular complexity index is 538. The molecule has 0 saturated carbocycles. The summed E-state index contributed by atoms with van der Waals surface area (Å²) in [6, 6.07) is 13.8. The van der Waals surface area contributed by atoms with Crippen LogP contribution in [-0.2, 0) is 6.42 Å². The summed E-state index contributed by atoms with van der Waals surface area (Å²) in [4.78, 5) is 0. The SMILES string of the molecule is Clc1ccc(CC(Cl)c2cc(Br)ccc2Br)cc1. The molecule has 0 aliphatic heterocycles. The van der Waals surface area contributed by atoms with Gasteiger partial charge in [0.25, 0.3) is 0 Å². The number of alkyl halides is 1. The molecular formula is C14H10Br2Cl2. The molecule has 0 saturated heterocycles. The summed E-state index contributed by atoms with van der Waals surface area (Å²) in [5, 5.41) is 0.673. The van der Waals surface area contributed by atoms with Crippen LogP contribution in [0.3, 0.4) is 0 Å². The van der Waals surface area contributed by atoms with Crippen LogP contribution < -0.4 is 0 Å². The number of hydrogen-bond donors (Lipinski definition) is 0. The first-order valence-electron chi connectivity index (χ1n) is 5.40. The maximum Gasteiger partial charge on any atom is 0.0636 e. The van der Waals surface area contributed by atoms with E-state index in [2.05, 4.69) is 31.9 Å². The predicted octanol–water partition coefficient (Wildman–Crippen LogP) is 6.39. The van der Waals surface area contributed by atoms with E-state index >= 15 is 0 Å². The Morgan fingerprint density at radius 3 is 2.33 bits per heavy atom. The summed E-state index contributed by atoms with van der Waals surface area (Å²) < 4.78 is 2.06. The van der Waals surface area contributed by atoms with Crippen LogP contribution in [0.2, 0.25) is 5.02 Å². The van der Waals surface area contributed by atoms with Gasteiger partial charge in [-0.05, 0) is 47.9 Å². The molecule has 0 heterocycles. The topological polar surface area (TPSA) is 0 Å². The molecule has 0 N–H and O–H groups in total. The zero-order valence-electron chi connectivity index (χ0n) is 9.34. The molecule has 0 aliphatic carbocycles. The molecule has 18 heavy (non-hydrogen) atoms. The van der Waals surface area contributed by atoms with Gasteiger partial charge in [0.1, 0.15) is 0 Å². The number of benzene rings is 2. The number of hydrogen-bond acceptors (Lipinski definition) is 0. The van der Waals surface area contributed by atoms with Crippen molar-refractivity contribution >= 4 is 55.1 Å². The zero-order chi connectivity index (χ0) is 13.1. The van der Waals surface area contributed by atoms with Crippen LogP contribution in [0, 0.1) is 0 Å². The van der Waals surface area contributed by atoms with Gasteiger partial charge in [-0.15, -0.1) is 11.6 Å². The number of rotatable bonds is 3. The second-order valence-corrected chi connectivity index (χ2v) is 6.70. The molecule has 1 unspecified atom stereocenters. The van der Waals surface area contributed by atoms with Crippen LogP contribution in [0.5, 0.6) is 0 Å². The third kappa shape index (κ3) is 3.74. The van der Waals surface area contributed by atoms with Crippen molar-refractivity contribution in [3.05, 3.63) is 67.6 Å². The van der Waals surface area contributed by atoms with Crippen molar-refractivity contribution < 1.29 is 0 Å². The van der Waals surface area contributed by atoms with Crippen LogP contribution in [-0.4, -0.2) is 0 Å². The van der Waals surface area contributed by atoms with E-state index in [1.807, 2.05) is 42.5 Å². The summed E-state index contributed by atoms with van der Waals surface area (Å²) in [6.45, 7) is 0.